The van der Waals surface area contributed by atoms with E-state index in [1.807, 2.05) is 0 Å². The first kappa shape index (κ1) is 16.9. The second-order valence-corrected chi connectivity index (χ2v) is 4.62. The van der Waals surface area contributed by atoms with Crippen LogP contribution in [0.1, 0.15) is 27.2 Å². The van der Waals surface area contributed by atoms with Crippen molar-refractivity contribution >= 4 is 11.7 Å². The quantitative estimate of drug-likeness (QED) is 0.850. The summed E-state index contributed by atoms with van der Waals surface area (Å²) in [7, 11) is 1.04. The minimum absolute atomic E-state index is 0.173. The van der Waals surface area contributed by atoms with Crippen molar-refractivity contribution in [2.75, 3.05) is 12.8 Å². The van der Waals surface area contributed by atoms with Crippen molar-refractivity contribution in [3.8, 4) is 17.8 Å². The smallest absolute Gasteiger partial charge is 0.418 e. The van der Waals surface area contributed by atoms with Crippen molar-refractivity contribution in [3.63, 3.8) is 0 Å². The zero-order valence-electron chi connectivity index (χ0n) is 12.2. The fourth-order valence-corrected chi connectivity index (χ4v) is 2.15. The Bertz CT molecular complexity index is 901. The first-order valence-corrected chi connectivity index (χ1v) is 6.35. The highest BCUT2D eigenvalue weighted by Gasteiger charge is 2.36. The molecule has 0 aliphatic carbocycles. The van der Waals surface area contributed by atoms with Crippen LogP contribution in [0.3, 0.4) is 0 Å². The molecule has 2 aromatic rings. The van der Waals surface area contributed by atoms with Gasteiger partial charge in [-0.3, -0.25) is 0 Å². The fourth-order valence-electron chi connectivity index (χ4n) is 2.15. The van der Waals surface area contributed by atoms with Crippen LogP contribution in [-0.2, 0) is 10.9 Å². The number of anilines is 1. The summed E-state index contributed by atoms with van der Waals surface area (Å²) >= 11 is 0. The maximum Gasteiger partial charge on any atom is 0.418 e. The lowest BCUT2D eigenvalue weighted by Crippen LogP contribution is -2.15. The third-order valence-corrected chi connectivity index (χ3v) is 3.23. The van der Waals surface area contributed by atoms with E-state index in [4.69, 9.17) is 16.3 Å². The molecule has 0 atom stereocenters. The number of nitrogen functional groups attached to an aromatic ring is 1. The van der Waals surface area contributed by atoms with Crippen molar-refractivity contribution in [2.24, 2.45) is 0 Å². The molecule has 6 nitrogen and oxygen atoms in total. The Kier molecular flexibility index (Phi) is 4.20. The second-order valence-electron chi connectivity index (χ2n) is 4.62. The summed E-state index contributed by atoms with van der Waals surface area (Å²) in [6, 6.07) is 6.15. The zero-order chi connectivity index (χ0) is 18.1. The topological polar surface area (TPSA) is 105 Å². The molecule has 122 valence electrons. The zero-order valence-corrected chi connectivity index (χ0v) is 12.2. The highest BCUT2D eigenvalue weighted by atomic mass is 19.4. The van der Waals surface area contributed by atoms with Gasteiger partial charge in [-0.2, -0.15) is 23.7 Å². The molecule has 0 fully saturated rings. The van der Waals surface area contributed by atoms with Gasteiger partial charge in [0.15, 0.2) is 5.69 Å². The van der Waals surface area contributed by atoms with Gasteiger partial charge >= 0.3 is 12.1 Å². The Hall–Kier alpha value is -3.46. The number of methoxy groups -OCH3 is 1. The lowest BCUT2D eigenvalue weighted by molar-refractivity contribution is -0.137. The van der Waals surface area contributed by atoms with Crippen LogP contribution in [0.5, 0.6) is 0 Å². The Balaban J connectivity index is 2.85. The molecule has 1 aromatic carbocycles. The Morgan fingerprint density at radius 2 is 1.96 bits per heavy atom. The molecule has 0 amide bonds. The summed E-state index contributed by atoms with van der Waals surface area (Å²) in [6.07, 6.45) is -3.78. The van der Waals surface area contributed by atoms with Gasteiger partial charge in [-0.1, -0.05) is 0 Å². The molecule has 0 saturated carbocycles. The number of carbonyl (C=O) groups is 1. The largest absolute Gasteiger partial charge is 0.464 e. The van der Waals surface area contributed by atoms with Gasteiger partial charge in [0.1, 0.15) is 6.07 Å². The minimum atomic E-state index is -4.79. The molecule has 24 heavy (non-hydrogen) atoms. The average molecular weight is 334 g/mol. The van der Waals surface area contributed by atoms with Gasteiger partial charge in [0, 0.05) is 6.20 Å². The van der Waals surface area contributed by atoms with E-state index in [0.717, 1.165) is 30.0 Å². The number of alkyl halides is 3. The predicted octanol–water partition coefficient (Wildman–Crippen LogP) is 2.61. The summed E-state index contributed by atoms with van der Waals surface area (Å²) in [5, 5.41) is 17.8. The van der Waals surface area contributed by atoms with Crippen molar-refractivity contribution < 1.29 is 22.7 Å². The highest BCUT2D eigenvalue weighted by Crippen LogP contribution is 2.36. The molecule has 0 bridgehead atoms. The van der Waals surface area contributed by atoms with Crippen LogP contribution in [0.2, 0.25) is 0 Å². The number of hydrogen-bond donors (Lipinski definition) is 1. The van der Waals surface area contributed by atoms with E-state index in [1.165, 1.54) is 0 Å². The van der Waals surface area contributed by atoms with Gasteiger partial charge in [-0.05, 0) is 18.2 Å². The number of nitrogens with zero attached hydrogens (tertiary/aromatic N) is 3. The number of hydrogen-bond acceptors (Lipinski definition) is 5. The van der Waals surface area contributed by atoms with E-state index < -0.39 is 29.1 Å². The van der Waals surface area contributed by atoms with E-state index in [0.29, 0.717) is 6.07 Å². The molecule has 0 aliphatic rings. The van der Waals surface area contributed by atoms with Crippen molar-refractivity contribution in [1.82, 2.24) is 4.57 Å². The van der Waals surface area contributed by atoms with Gasteiger partial charge in [-0.15, -0.1) is 0 Å². The maximum absolute atomic E-state index is 13.3. The molecule has 2 rings (SSSR count). The summed E-state index contributed by atoms with van der Waals surface area (Å²) in [6.45, 7) is 0. The third kappa shape index (κ3) is 2.75. The predicted molar refractivity (Wildman–Crippen MR) is 76.0 cm³/mol. The number of ether oxygens (including phenoxy) is 1. The molecule has 1 aromatic heterocycles. The molecular weight excluding hydrogens is 325 g/mol. The van der Waals surface area contributed by atoms with Crippen LogP contribution in [0.4, 0.5) is 18.9 Å². The van der Waals surface area contributed by atoms with Crippen LogP contribution in [0, 0.1) is 22.7 Å². The van der Waals surface area contributed by atoms with E-state index in [-0.39, 0.29) is 16.8 Å². The molecule has 1 heterocycles. The van der Waals surface area contributed by atoms with Crippen LogP contribution in [0.15, 0.2) is 24.4 Å². The molecular formula is C15H9F3N4O2. The lowest BCUT2D eigenvalue weighted by atomic mass is 10.1. The fraction of sp³-hybridized carbons (Fsp3) is 0.133. The number of rotatable bonds is 2. The molecule has 0 radical (unpaired) electrons. The van der Waals surface area contributed by atoms with Gasteiger partial charge in [-0.25, -0.2) is 4.79 Å². The molecule has 0 spiro atoms. The maximum atomic E-state index is 13.3. The van der Waals surface area contributed by atoms with Crippen molar-refractivity contribution in [3.05, 3.63) is 46.8 Å². The highest BCUT2D eigenvalue weighted by molar-refractivity contribution is 5.96. The van der Waals surface area contributed by atoms with Crippen LogP contribution >= 0.6 is 0 Å². The number of nitriles is 2. The molecule has 0 aliphatic heterocycles. The Labute approximate surface area is 134 Å². The van der Waals surface area contributed by atoms with Crippen molar-refractivity contribution in [1.29, 1.82) is 10.5 Å². The number of nitrogens with two attached hydrogens (primary N) is 1. The molecule has 9 heteroatoms. The number of carbonyl (C=O) groups excluding carboxylic acids is 1. The first-order valence-electron chi connectivity index (χ1n) is 6.35. The summed E-state index contributed by atoms with van der Waals surface area (Å²) in [4.78, 5) is 11.9. The van der Waals surface area contributed by atoms with Crippen LogP contribution in [-0.4, -0.2) is 17.6 Å². The summed E-state index contributed by atoms with van der Waals surface area (Å²) in [5.74, 6) is -0.994. The number of esters is 1. The first-order chi connectivity index (χ1) is 11.2. The monoisotopic (exact) mass is 334 g/mol. The van der Waals surface area contributed by atoms with E-state index in [9.17, 15) is 18.0 Å². The second kappa shape index (κ2) is 5.97. The van der Waals surface area contributed by atoms with Crippen LogP contribution < -0.4 is 5.73 Å². The summed E-state index contributed by atoms with van der Waals surface area (Å²) < 4.78 is 45.3. The molecule has 0 saturated heterocycles. The summed E-state index contributed by atoms with van der Waals surface area (Å²) in [5.41, 5.74) is 3.01. The molecule has 0 unspecified atom stereocenters. The standard InChI is InChI=1S/C15H9F3N4O2/c1-24-14(23)13-12(21)9(6-20)7-22(13)11-3-2-8(5-19)4-10(11)15(16,17)18/h2-4,7H,21H2,1H3. The lowest BCUT2D eigenvalue weighted by Gasteiger charge is -2.16. The Morgan fingerprint density at radius 1 is 1.29 bits per heavy atom. The van der Waals surface area contributed by atoms with Gasteiger partial charge in [0.2, 0.25) is 0 Å². The Morgan fingerprint density at radius 3 is 2.46 bits per heavy atom. The van der Waals surface area contributed by atoms with Gasteiger partial charge in [0.25, 0.3) is 0 Å². The number of halogens is 3. The third-order valence-electron chi connectivity index (χ3n) is 3.23. The minimum Gasteiger partial charge on any atom is -0.464 e. The normalized spacial score (nSPS) is 10.8. The average Bonchev–Trinajstić information content (AvgIpc) is 2.89. The van der Waals surface area contributed by atoms with E-state index >= 15 is 0 Å². The van der Waals surface area contributed by atoms with Crippen LogP contribution in [0.25, 0.3) is 5.69 Å². The molecule has 2 N–H and O–H groups in total. The van der Waals surface area contributed by atoms with E-state index in [2.05, 4.69) is 4.74 Å². The SMILES string of the molecule is COC(=O)c1c(N)c(C#N)cn1-c1ccc(C#N)cc1C(F)(F)F. The number of benzene rings is 1. The van der Waals surface area contributed by atoms with Gasteiger partial charge < -0.3 is 15.0 Å². The van der Waals surface area contributed by atoms with Crippen molar-refractivity contribution in [2.45, 2.75) is 6.18 Å². The van der Waals surface area contributed by atoms with Gasteiger partial charge in [0.05, 0.1) is 41.2 Å². The number of aromatic nitrogens is 1. The van der Waals surface area contributed by atoms with E-state index in [1.54, 1.807) is 12.1 Å².